The van der Waals surface area contributed by atoms with Crippen LogP contribution in [0.2, 0.25) is 0 Å². The van der Waals surface area contributed by atoms with Gasteiger partial charge in [0.25, 0.3) is 0 Å². The van der Waals surface area contributed by atoms with Gasteiger partial charge >= 0.3 is 0 Å². The highest BCUT2D eigenvalue weighted by molar-refractivity contribution is 5.27. The lowest BCUT2D eigenvalue weighted by molar-refractivity contribution is 0.0302. The van der Waals surface area contributed by atoms with Gasteiger partial charge in [0.15, 0.2) is 0 Å². The SMILES string of the molecule is CC(C)CC(C)(O)CCc1ccc(OC(C)C)cc1. The summed E-state index contributed by atoms with van der Waals surface area (Å²) in [6.45, 7) is 10.3. The van der Waals surface area contributed by atoms with Crippen molar-refractivity contribution in [2.24, 2.45) is 5.92 Å². The predicted molar refractivity (Wildman–Crippen MR) is 80.6 cm³/mol. The molecule has 0 fully saturated rings. The van der Waals surface area contributed by atoms with Crippen molar-refractivity contribution in [1.29, 1.82) is 0 Å². The maximum absolute atomic E-state index is 10.3. The van der Waals surface area contributed by atoms with Crippen molar-refractivity contribution in [2.75, 3.05) is 0 Å². The highest BCUT2D eigenvalue weighted by Crippen LogP contribution is 2.23. The summed E-state index contributed by atoms with van der Waals surface area (Å²) in [6, 6.07) is 8.19. The number of rotatable bonds is 7. The van der Waals surface area contributed by atoms with E-state index in [4.69, 9.17) is 4.74 Å². The van der Waals surface area contributed by atoms with Crippen molar-refractivity contribution in [3.8, 4) is 5.75 Å². The summed E-state index contributed by atoms with van der Waals surface area (Å²) in [6.07, 6.45) is 2.76. The maximum atomic E-state index is 10.3. The summed E-state index contributed by atoms with van der Waals surface area (Å²) in [5, 5.41) is 10.3. The van der Waals surface area contributed by atoms with Gasteiger partial charge in [0.1, 0.15) is 5.75 Å². The first-order chi connectivity index (χ1) is 8.78. The first-order valence-corrected chi connectivity index (χ1v) is 7.26. The molecule has 1 atom stereocenters. The summed E-state index contributed by atoms with van der Waals surface area (Å²) in [5.41, 5.74) is 0.682. The topological polar surface area (TPSA) is 29.5 Å². The lowest BCUT2D eigenvalue weighted by Crippen LogP contribution is -2.26. The third kappa shape index (κ3) is 6.63. The van der Waals surface area contributed by atoms with E-state index < -0.39 is 5.60 Å². The van der Waals surface area contributed by atoms with E-state index in [0.29, 0.717) is 5.92 Å². The predicted octanol–water partition coefficient (Wildman–Crippen LogP) is 4.20. The van der Waals surface area contributed by atoms with Gasteiger partial charge in [-0.05, 0) is 63.6 Å². The molecule has 1 N–H and O–H groups in total. The molecular weight excluding hydrogens is 236 g/mol. The second-order valence-corrected chi connectivity index (χ2v) is 6.41. The Labute approximate surface area is 117 Å². The number of aryl methyl sites for hydroxylation is 1. The van der Waals surface area contributed by atoms with Gasteiger partial charge in [0.05, 0.1) is 11.7 Å². The van der Waals surface area contributed by atoms with Crippen LogP contribution in [-0.4, -0.2) is 16.8 Å². The van der Waals surface area contributed by atoms with Crippen molar-refractivity contribution in [1.82, 2.24) is 0 Å². The number of ether oxygens (including phenoxy) is 1. The number of benzene rings is 1. The molecule has 19 heavy (non-hydrogen) atoms. The Bertz CT molecular complexity index is 363. The number of hydrogen-bond acceptors (Lipinski definition) is 2. The fraction of sp³-hybridized carbons (Fsp3) is 0.647. The lowest BCUT2D eigenvalue weighted by Gasteiger charge is -2.25. The minimum atomic E-state index is -0.568. The highest BCUT2D eigenvalue weighted by Gasteiger charge is 2.21. The van der Waals surface area contributed by atoms with Crippen molar-refractivity contribution in [3.05, 3.63) is 29.8 Å². The molecule has 0 aliphatic rings. The second-order valence-electron chi connectivity index (χ2n) is 6.41. The van der Waals surface area contributed by atoms with Gasteiger partial charge in [-0.3, -0.25) is 0 Å². The fourth-order valence-corrected chi connectivity index (χ4v) is 2.40. The normalized spacial score (nSPS) is 14.7. The Morgan fingerprint density at radius 2 is 1.68 bits per heavy atom. The molecule has 108 valence electrons. The van der Waals surface area contributed by atoms with Gasteiger partial charge in [-0.25, -0.2) is 0 Å². The van der Waals surface area contributed by atoms with E-state index in [9.17, 15) is 5.11 Å². The molecule has 0 saturated carbocycles. The molecule has 2 heteroatoms. The molecule has 0 aromatic heterocycles. The zero-order chi connectivity index (χ0) is 14.5. The van der Waals surface area contributed by atoms with Gasteiger partial charge in [0.2, 0.25) is 0 Å². The molecule has 2 nitrogen and oxygen atoms in total. The standard InChI is InChI=1S/C17H28O2/c1-13(2)12-17(5,18)11-10-15-6-8-16(9-7-15)19-14(3)4/h6-9,13-14,18H,10-12H2,1-5H3. The molecule has 1 aromatic rings. The van der Waals surface area contributed by atoms with Crippen molar-refractivity contribution in [3.63, 3.8) is 0 Å². The van der Waals surface area contributed by atoms with Crippen molar-refractivity contribution < 1.29 is 9.84 Å². The Balaban J connectivity index is 2.49. The Kier molecular flexibility index (Phi) is 5.86. The molecular formula is C17H28O2. The van der Waals surface area contributed by atoms with Crippen LogP contribution >= 0.6 is 0 Å². The minimum Gasteiger partial charge on any atom is -0.491 e. The molecule has 1 rings (SSSR count). The number of aliphatic hydroxyl groups is 1. The molecule has 1 unspecified atom stereocenters. The third-order valence-electron chi connectivity index (χ3n) is 3.10. The average molecular weight is 264 g/mol. The van der Waals surface area contributed by atoms with E-state index in [-0.39, 0.29) is 6.10 Å². The average Bonchev–Trinajstić information content (AvgIpc) is 2.25. The van der Waals surface area contributed by atoms with Crippen LogP contribution in [0.5, 0.6) is 5.75 Å². The summed E-state index contributed by atoms with van der Waals surface area (Å²) in [4.78, 5) is 0. The molecule has 0 bridgehead atoms. The van der Waals surface area contributed by atoms with Crippen LogP contribution in [0.4, 0.5) is 0 Å². The molecule has 0 aliphatic heterocycles. The molecule has 0 saturated heterocycles. The third-order valence-corrected chi connectivity index (χ3v) is 3.10. The molecule has 0 heterocycles. The summed E-state index contributed by atoms with van der Waals surface area (Å²) < 4.78 is 5.62. The summed E-state index contributed by atoms with van der Waals surface area (Å²) in [5.74, 6) is 1.43. The van der Waals surface area contributed by atoms with Crippen LogP contribution in [0.1, 0.15) is 53.0 Å². The summed E-state index contributed by atoms with van der Waals surface area (Å²) >= 11 is 0. The van der Waals surface area contributed by atoms with Gasteiger partial charge in [-0.15, -0.1) is 0 Å². The zero-order valence-electron chi connectivity index (χ0n) is 12.9. The highest BCUT2D eigenvalue weighted by atomic mass is 16.5. The van der Waals surface area contributed by atoms with Gasteiger partial charge in [-0.2, -0.15) is 0 Å². The smallest absolute Gasteiger partial charge is 0.119 e. The van der Waals surface area contributed by atoms with E-state index in [1.165, 1.54) is 5.56 Å². The van der Waals surface area contributed by atoms with Crippen LogP contribution < -0.4 is 4.74 Å². The Hall–Kier alpha value is -1.02. The Morgan fingerprint density at radius 1 is 1.11 bits per heavy atom. The molecule has 1 aromatic carbocycles. The summed E-state index contributed by atoms with van der Waals surface area (Å²) in [7, 11) is 0. The van der Waals surface area contributed by atoms with Crippen molar-refractivity contribution in [2.45, 2.75) is 65.6 Å². The van der Waals surface area contributed by atoms with Crippen LogP contribution in [0.3, 0.4) is 0 Å². The minimum absolute atomic E-state index is 0.206. The monoisotopic (exact) mass is 264 g/mol. The quantitative estimate of drug-likeness (QED) is 0.799. The maximum Gasteiger partial charge on any atom is 0.119 e. The molecule has 0 aliphatic carbocycles. The van der Waals surface area contributed by atoms with Gasteiger partial charge in [-0.1, -0.05) is 26.0 Å². The fourth-order valence-electron chi connectivity index (χ4n) is 2.40. The van der Waals surface area contributed by atoms with Crippen LogP contribution in [0, 0.1) is 5.92 Å². The van der Waals surface area contributed by atoms with Gasteiger partial charge < -0.3 is 9.84 Å². The number of hydrogen-bond donors (Lipinski definition) is 1. The largest absolute Gasteiger partial charge is 0.491 e. The molecule has 0 amide bonds. The van der Waals surface area contributed by atoms with Crippen LogP contribution in [0.25, 0.3) is 0 Å². The van der Waals surface area contributed by atoms with Crippen LogP contribution in [-0.2, 0) is 6.42 Å². The van der Waals surface area contributed by atoms with Gasteiger partial charge in [0, 0.05) is 0 Å². The molecule has 0 spiro atoms. The van der Waals surface area contributed by atoms with Crippen LogP contribution in [0.15, 0.2) is 24.3 Å². The van der Waals surface area contributed by atoms with E-state index in [2.05, 4.69) is 26.0 Å². The first-order valence-electron chi connectivity index (χ1n) is 7.26. The molecule has 0 radical (unpaired) electrons. The van der Waals surface area contributed by atoms with E-state index >= 15 is 0 Å². The second kappa shape index (κ2) is 6.95. The van der Waals surface area contributed by atoms with E-state index in [1.54, 1.807) is 0 Å². The van der Waals surface area contributed by atoms with Crippen molar-refractivity contribution >= 4 is 0 Å². The Morgan fingerprint density at radius 3 is 2.16 bits per heavy atom. The van der Waals surface area contributed by atoms with E-state index in [1.807, 2.05) is 32.9 Å². The zero-order valence-corrected chi connectivity index (χ0v) is 12.9. The lowest BCUT2D eigenvalue weighted by atomic mass is 9.89. The van der Waals surface area contributed by atoms with E-state index in [0.717, 1.165) is 25.0 Å². The first kappa shape index (κ1) is 16.0.